The van der Waals surface area contributed by atoms with Crippen molar-refractivity contribution in [1.29, 1.82) is 0 Å². The maximum atomic E-state index is 5.82. The van der Waals surface area contributed by atoms with Crippen LogP contribution in [0.4, 0.5) is 5.69 Å². The van der Waals surface area contributed by atoms with Crippen LogP contribution in [0.5, 0.6) is 0 Å². The molecule has 0 unspecified atom stereocenters. The summed E-state index contributed by atoms with van der Waals surface area (Å²) < 4.78 is 0. The zero-order valence-electron chi connectivity index (χ0n) is 7.83. The maximum Gasteiger partial charge on any atom is 0.0858 e. The Morgan fingerprint density at radius 3 is 3.00 bits per heavy atom. The molecule has 0 bridgehead atoms. The Hall–Kier alpha value is -1.35. The van der Waals surface area contributed by atoms with E-state index in [0.717, 1.165) is 23.4 Å². The van der Waals surface area contributed by atoms with Crippen LogP contribution in [0, 0.1) is 6.92 Å². The second kappa shape index (κ2) is 4.62. The first-order chi connectivity index (χ1) is 6.25. The van der Waals surface area contributed by atoms with E-state index in [1.165, 1.54) is 0 Å². The fraction of sp³-hybridized carbons (Fsp3) is 0.300. The lowest BCUT2D eigenvalue weighted by Gasteiger charge is -2.01. The fourth-order valence-electron chi connectivity index (χ4n) is 1.01. The van der Waals surface area contributed by atoms with Crippen molar-refractivity contribution in [2.24, 2.45) is 5.73 Å². The highest BCUT2D eigenvalue weighted by Crippen LogP contribution is 2.14. The van der Waals surface area contributed by atoms with Crippen LogP contribution in [0.2, 0.25) is 0 Å². The van der Waals surface area contributed by atoms with E-state index < -0.39 is 0 Å². The van der Waals surface area contributed by atoms with E-state index in [1.807, 2.05) is 25.1 Å². The summed E-state index contributed by atoms with van der Waals surface area (Å²) in [6.07, 6.45) is 6.51. The number of anilines is 1. The Morgan fingerprint density at radius 2 is 2.31 bits per heavy atom. The van der Waals surface area contributed by atoms with Crippen molar-refractivity contribution in [2.45, 2.75) is 13.3 Å². The van der Waals surface area contributed by atoms with Gasteiger partial charge < -0.3 is 11.5 Å². The van der Waals surface area contributed by atoms with Crippen molar-refractivity contribution in [3.05, 3.63) is 29.6 Å². The van der Waals surface area contributed by atoms with Gasteiger partial charge in [0.25, 0.3) is 0 Å². The number of aryl methyl sites for hydroxylation is 1. The van der Waals surface area contributed by atoms with Crippen LogP contribution in [0.1, 0.15) is 17.7 Å². The SMILES string of the molecule is Cc1ccnc(C=CCCN)c1N. The molecule has 70 valence electrons. The molecule has 1 heterocycles. The van der Waals surface area contributed by atoms with Crippen LogP contribution in [0.25, 0.3) is 6.08 Å². The average Bonchev–Trinajstić information content (AvgIpc) is 2.13. The van der Waals surface area contributed by atoms with Gasteiger partial charge >= 0.3 is 0 Å². The van der Waals surface area contributed by atoms with E-state index in [9.17, 15) is 0 Å². The molecule has 0 saturated carbocycles. The topological polar surface area (TPSA) is 64.9 Å². The van der Waals surface area contributed by atoms with Gasteiger partial charge in [0, 0.05) is 6.20 Å². The molecular weight excluding hydrogens is 162 g/mol. The van der Waals surface area contributed by atoms with Gasteiger partial charge in [-0.1, -0.05) is 6.08 Å². The average molecular weight is 177 g/mol. The second-order valence-corrected chi connectivity index (χ2v) is 2.91. The smallest absolute Gasteiger partial charge is 0.0858 e. The van der Waals surface area contributed by atoms with Crippen LogP contribution in [-0.4, -0.2) is 11.5 Å². The summed E-state index contributed by atoms with van der Waals surface area (Å²) in [6.45, 7) is 2.62. The molecule has 3 heteroatoms. The highest BCUT2D eigenvalue weighted by molar-refractivity contribution is 5.63. The molecule has 0 atom stereocenters. The van der Waals surface area contributed by atoms with E-state index >= 15 is 0 Å². The fourth-order valence-corrected chi connectivity index (χ4v) is 1.01. The van der Waals surface area contributed by atoms with Gasteiger partial charge in [-0.2, -0.15) is 0 Å². The third kappa shape index (κ3) is 2.56. The van der Waals surface area contributed by atoms with Crippen LogP contribution in [-0.2, 0) is 0 Å². The third-order valence-corrected chi connectivity index (χ3v) is 1.85. The second-order valence-electron chi connectivity index (χ2n) is 2.91. The van der Waals surface area contributed by atoms with Gasteiger partial charge in [-0.3, -0.25) is 4.98 Å². The molecule has 0 radical (unpaired) electrons. The van der Waals surface area contributed by atoms with E-state index in [1.54, 1.807) is 6.20 Å². The number of hydrogen-bond donors (Lipinski definition) is 2. The molecule has 0 aliphatic heterocycles. The van der Waals surface area contributed by atoms with Crippen molar-refractivity contribution < 1.29 is 0 Å². The molecule has 0 aliphatic rings. The highest BCUT2D eigenvalue weighted by Gasteiger charge is 1.97. The molecule has 1 aromatic heterocycles. The summed E-state index contributed by atoms with van der Waals surface area (Å²) in [5.41, 5.74) is 13.8. The molecule has 13 heavy (non-hydrogen) atoms. The van der Waals surface area contributed by atoms with Crippen LogP contribution in [0.15, 0.2) is 18.3 Å². The van der Waals surface area contributed by atoms with E-state index in [-0.39, 0.29) is 0 Å². The lowest BCUT2D eigenvalue weighted by molar-refractivity contribution is 1.01. The lowest BCUT2D eigenvalue weighted by Crippen LogP contribution is -1.97. The minimum Gasteiger partial charge on any atom is -0.397 e. The van der Waals surface area contributed by atoms with Gasteiger partial charge in [-0.25, -0.2) is 0 Å². The molecular formula is C10H15N3. The standard InChI is InChI=1S/C10H15N3/c1-8-5-7-13-9(10(8)12)4-2-3-6-11/h2,4-5,7H,3,6,11-12H2,1H3. The van der Waals surface area contributed by atoms with Gasteiger partial charge in [0.1, 0.15) is 0 Å². The quantitative estimate of drug-likeness (QED) is 0.732. The van der Waals surface area contributed by atoms with Gasteiger partial charge in [0.15, 0.2) is 0 Å². The van der Waals surface area contributed by atoms with Gasteiger partial charge in [0.05, 0.1) is 11.4 Å². The normalized spacial score (nSPS) is 10.9. The zero-order valence-corrected chi connectivity index (χ0v) is 7.83. The Bertz CT molecular complexity index is 305. The van der Waals surface area contributed by atoms with Gasteiger partial charge in [-0.05, 0) is 37.6 Å². The first kappa shape index (κ1) is 9.74. The summed E-state index contributed by atoms with van der Waals surface area (Å²) in [5.74, 6) is 0. The lowest BCUT2D eigenvalue weighted by atomic mass is 10.2. The number of pyridine rings is 1. The Balaban J connectivity index is 2.83. The molecule has 0 aromatic carbocycles. The number of rotatable bonds is 3. The number of nitrogen functional groups attached to an aromatic ring is 1. The molecule has 0 spiro atoms. The van der Waals surface area contributed by atoms with Crippen molar-refractivity contribution in [2.75, 3.05) is 12.3 Å². The summed E-state index contributed by atoms with van der Waals surface area (Å²) in [4.78, 5) is 4.16. The van der Waals surface area contributed by atoms with Crippen molar-refractivity contribution in [3.8, 4) is 0 Å². The predicted octanol–water partition coefficient (Wildman–Crippen LogP) is 1.33. The van der Waals surface area contributed by atoms with Crippen LogP contribution >= 0.6 is 0 Å². The first-order valence-electron chi connectivity index (χ1n) is 4.33. The Morgan fingerprint density at radius 1 is 1.54 bits per heavy atom. The van der Waals surface area contributed by atoms with E-state index in [4.69, 9.17) is 11.5 Å². The number of nitrogens with zero attached hydrogens (tertiary/aromatic N) is 1. The van der Waals surface area contributed by atoms with Gasteiger partial charge in [0.2, 0.25) is 0 Å². The van der Waals surface area contributed by atoms with Gasteiger partial charge in [-0.15, -0.1) is 0 Å². The van der Waals surface area contributed by atoms with E-state index in [2.05, 4.69) is 4.98 Å². The van der Waals surface area contributed by atoms with Crippen molar-refractivity contribution >= 4 is 11.8 Å². The number of nitrogens with two attached hydrogens (primary N) is 2. The summed E-state index contributed by atoms with van der Waals surface area (Å²) in [6, 6.07) is 1.90. The summed E-state index contributed by atoms with van der Waals surface area (Å²) >= 11 is 0. The molecule has 1 aromatic rings. The molecule has 0 amide bonds. The molecule has 0 saturated heterocycles. The highest BCUT2D eigenvalue weighted by atomic mass is 14.7. The number of hydrogen-bond acceptors (Lipinski definition) is 3. The van der Waals surface area contributed by atoms with E-state index in [0.29, 0.717) is 6.54 Å². The molecule has 4 N–H and O–H groups in total. The molecule has 3 nitrogen and oxygen atoms in total. The minimum absolute atomic E-state index is 0.655. The number of aromatic nitrogens is 1. The third-order valence-electron chi connectivity index (χ3n) is 1.85. The van der Waals surface area contributed by atoms with Crippen LogP contribution < -0.4 is 11.5 Å². The first-order valence-corrected chi connectivity index (χ1v) is 4.33. The van der Waals surface area contributed by atoms with Crippen molar-refractivity contribution in [1.82, 2.24) is 4.98 Å². The predicted molar refractivity (Wildman–Crippen MR) is 56.1 cm³/mol. The molecule has 0 fully saturated rings. The largest absolute Gasteiger partial charge is 0.397 e. The summed E-state index contributed by atoms with van der Waals surface area (Å²) in [5, 5.41) is 0. The Labute approximate surface area is 78.5 Å². The maximum absolute atomic E-state index is 5.82. The van der Waals surface area contributed by atoms with Crippen LogP contribution in [0.3, 0.4) is 0 Å². The summed E-state index contributed by atoms with van der Waals surface area (Å²) in [7, 11) is 0. The monoisotopic (exact) mass is 177 g/mol. The minimum atomic E-state index is 0.655. The Kier molecular flexibility index (Phi) is 3.46. The van der Waals surface area contributed by atoms with Crippen molar-refractivity contribution in [3.63, 3.8) is 0 Å². The molecule has 1 rings (SSSR count). The molecule has 0 aliphatic carbocycles. The zero-order chi connectivity index (χ0) is 9.68.